The van der Waals surface area contributed by atoms with Crippen LogP contribution in [0.3, 0.4) is 0 Å². The lowest BCUT2D eigenvalue weighted by Crippen LogP contribution is -2.23. The Hall–Kier alpha value is -5.25. The van der Waals surface area contributed by atoms with Crippen molar-refractivity contribution in [2.45, 2.75) is 32.7 Å². The summed E-state index contributed by atoms with van der Waals surface area (Å²) in [5, 5.41) is 17.8. The van der Waals surface area contributed by atoms with Crippen LogP contribution in [0, 0.1) is 10.1 Å². The molecule has 2 aliphatic rings. The summed E-state index contributed by atoms with van der Waals surface area (Å²) in [6, 6.07) is 19.7. The second kappa shape index (κ2) is 10.7. The van der Waals surface area contributed by atoms with E-state index in [2.05, 4.69) is 20.6 Å². The van der Waals surface area contributed by atoms with Crippen molar-refractivity contribution in [3.8, 4) is 11.3 Å². The molecule has 0 atom stereocenters. The van der Waals surface area contributed by atoms with Crippen LogP contribution in [0.4, 0.5) is 17.1 Å². The van der Waals surface area contributed by atoms with Gasteiger partial charge in [0.2, 0.25) is 5.91 Å². The number of imidazole rings is 1. The van der Waals surface area contributed by atoms with E-state index in [-0.39, 0.29) is 17.5 Å². The third-order valence-corrected chi connectivity index (χ3v) is 7.41. The Bertz CT molecular complexity index is 1690. The number of nitrogens with zero attached hydrogens (tertiary/aromatic N) is 3. The summed E-state index contributed by atoms with van der Waals surface area (Å²) in [5.41, 5.74) is 5.94. The summed E-state index contributed by atoms with van der Waals surface area (Å²) in [6.07, 6.45) is 4.14. The van der Waals surface area contributed by atoms with Crippen LogP contribution in [0.15, 0.2) is 72.9 Å². The van der Waals surface area contributed by atoms with E-state index in [0.717, 1.165) is 53.3 Å². The Morgan fingerprint density at radius 2 is 1.85 bits per heavy atom. The van der Waals surface area contributed by atoms with Crippen LogP contribution < -0.4 is 10.6 Å². The summed E-state index contributed by atoms with van der Waals surface area (Å²) < 4.78 is 0. The average molecular weight is 549 g/mol. The molecule has 0 spiro atoms. The number of rotatable bonds is 8. The van der Waals surface area contributed by atoms with E-state index < -0.39 is 4.92 Å². The fraction of sp³-hybridized carbons (Fsp3) is 0.194. The van der Waals surface area contributed by atoms with Crippen LogP contribution in [-0.4, -0.2) is 38.2 Å². The number of carbonyl (C=O) groups is 2. The smallest absolute Gasteiger partial charge is 0.270 e. The lowest BCUT2D eigenvalue weighted by atomic mass is 9.98. The van der Waals surface area contributed by atoms with Crippen molar-refractivity contribution in [2.75, 3.05) is 17.2 Å². The molecule has 2 aliphatic heterocycles. The number of benzene rings is 3. The van der Waals surface area contributed by atoms with Crippen molar-refractivity contribution in [2.24, 2.45) is 0 Å². The maximum Gasteiger partial charge on any atom is 0.270 e. The third kappa shape index (κ3) is 5.19. The van der Waals surface area contributed by atoms with E-state index in [0.29, 0.717) is 35.5 Å². The number of aromatic nitrogens is 2. The van der Waals surface area contributed by atoms with Gasteiger partial charge in [0.05, 0.1) is 21.9 Å². The van der Waals surface area contributed by atoms with Gasteiger partial charge in [0.15, 0.2) is 0 Å². The molecule has 3 aromatic carbocycles. The minimum atomic E-state index is -0.472. The minimum Gasteiger partial charge on any atom is -0.354 e. The van der Waals surface area contributed by atoms with Gasteiger partial charge in [0.1, 0.15) is 5.82 Å². The predicted molar refractivity (Wildman–Crippen MR) is 157 cm³/mol. The number of fused-ring (bicyclic) bond motifs is 1. The Kier molecular flexibility index (Phi) is 6.80. The summed E-state index contributed by atoms with van der Waals surface area (Å²) >= 11 is 0. The number of aryl methyl sites for hydroxylation is 1. The maximum atomic E-state index is 13.3. The van der Waals surface area contributed by atoms with Crippen LogP contribution in [0.25, 0.3) is 22.5 Å². The predicted octanol–water partition coefficient (Wildman–Crippen LogP) is 5.60. The van der Waals surface area contributed by atoms with E-state index >= 15 is 0 Å². The fourth-order valence-corrected chi connectivity index (χ4v) is 5.22. The van der Waals surface area contributed by atoms with Gasteiger partial charge in [-0.3, -0.25) is 19.7 Å². The highest BCUT2D eigenvalue weighted by molar-refractivity contribution is 6.37. The Morgan fingerprint density at radius 1 is 1.07 bits per heavy atom. The number of non-ortho nitro benzene ring substituents is 1. The SMILES string of the molecule is CCc1nc(-c2ccc(NC(=C3C(=O)Nc4ccc([N+](=O)[O-])cc43)c3ccc(CN4CCCC4=O)cc3)cc2)c[nH]1. The Balaban J connectivity index is 1.38. The standard InChI is InChI=1S/C31H28N6O4/c1-2-27-32-17-26(34-27)20-9-11-22(12-10-20)33-30(21-7-5-19(6-8-21)18-36-15-3-4-28(36)38)29-24-16-23(37(40)41)13-14-25(24)35-31(29)39/h5-14,16-17,33H,2-4,15,18H2,1H3,(H,32,34)(H,35,39). The van der Waals surface area contributed by atoms with Crippen molar-refractivity contribution >= 4 is 40.1 Å². The number of nitro groups is 1. The zero-order valence-electron chi connectivity index (χ0n) is 22.4. The van der Waals surface area contributed by atoms with Crippen LogP contribution in [0.5, 0.6) is 0 Å². The molecule has 3 N–H and O–H groups in total. The molecule has 10 heteroatoms. The van der Waals surface area contributed by atoms with Gasteiger partial charge in [-0.25, -0.2) is 4.98 Å². The normalized spacial score (nSPS) is 15.6. The number of nitro benzene ring substituents is 1. The van der Waals surface area contributed by atoms with Gasteiger partial charge >= 0.3 is 0 Å². The lowest BCUT2D eigenvalue weighted by molar-refractivity contribution is -0.384. The van der Waals surface area contributed by atoms with Crippen molar-refractivity contribution in [1.82, 2.24) is 14.9 Å². The molecule has 4 aromatic rings. The van der Waals surface area contributed by atoms with Gasteiger partial charge in [0, 0.05) is 66.8 Å². The van der Waals surface area contributed by atoms with Crippen LogP contribution in [-0.2, 0) is 22.6 Å². The molecule has 0 radical (unpaired) electrons. The zero-order chi connectivity index (χ0) is 28.5. The first kappa shape index (κ1) is 26.0. The molecular formula is C31H28N6O4. The van der Waals surface area contributed by atoms with Gasteiger partial charge < -0.3 is 20.5 Å². The highest BCUT2D eigenvalue weighted by atomic mass is 16.6. The van der Waals surface area contributed by atoms with E-state index in [1.54, 1.807) is 6.07 Å². The van der Waals surface area contributed by atoms with Gasteiger partial charge in [-0.1, -0.05) is 43.3 Å². The van der Waals surface area contributed by atoms with E-state index in [4.69, 9.17) is 0 Å². The van der Waals surface area contributed by atoms with Crippen LogP contribution >= 0.6 is 0 Å². The van der Waals surface area contributed by atoms with Gasteiger partial charge in [-0.2, -0.15) is 0 Å². The molecule has 1 fully saturated rings. The molecule has 0 aliphatic carbocycles. The lowest BCUT2D eigenvalue weighted by Gasteiger charge is -2.18. The van der Waals surface area contributed by atoms with Crippen molar-refractivity contribution in [1.29, 1.82) is 0 Å². The molecule has 3 heterocycles. The minimum absolute atomic E-state index is 0.0995. The second-order valence-corrected chi connectivity index (χ2v) is 10.1. The molecule has 41 heavy (non-hydrogen) atoms. The molecule has 6 rings (SSSR count). The Labute approximate surface area is 236 Å². The Morgan fingerprint density at radius 3 is 2.51 bits per heavy atom. The van der Waals surface area contributed by atoms with Gasteiger partial charge in [-0.05, 0) is 35.7 Å². The first-order valence-electron chi connectivity index (χ1n) is 13.5. The molecule has 2 amide bonds. The second-order valence-electron chi connectivity index (χ2n) is 10.1. The summed E-state index contributed by atoms with van der Waals surface area (Å²) in [4.78, 5) is 46.0. The molecule has 1 aromatic heterocycles. The molecule has 0 saturated carbocycles. The quantitative estimate of drug-likeness (QED) is 0.149. The average Bonchev–Trinajstić information content (AvgIpc) is 3.70. The van der Waals surface area contributed by atoms with Crippen molar-refractivity contribution in [3.05, 3.63) is 106 Å². The third-order valence-electron chi connectivity index (χ3n) is 7.41. The van der Waals surface area contributed by atoms with Crippen molar-refractivity contribution in [3.63, 3.8) is 0 Å². The molecule has 0 unspecified atom stereocenters. The highest BCUT2D eigenvalue weighted by Crippen LogP contribution is 2.39. The van der Waals surface area contributed by atoms with Gasteiger partial charge in [0.25, 0.3) is 11.6 Å². The number of likely N-dealkylation sites (tertiary alicyclic amines) is 1. The molecule has 10 nitrogen and oxygen atoms in total. The highest BCUT2D eigenvalue weighted by Gasteiger charge is 2.30. The number of H-pyrrole nitrogens is 1. The number of aromatic amines is 1. The number of hydrogen-bond acceptors (Lipinski definition) is 6. The number of carbonyl (C=O) groups excluding carboxylic acids is 2. The van der Waals surface area contributed by atoms with E-state index in [1.165, 1.54) is 12.1 Å². The summed E-state index contributed by atoms with van der Waals surface area (Å²) in [7, 11) is 0. The molecule has 206 valence electrons. The van der Waals surface area contributed by atoms with Gasteiger partial charge in [-0.15, -0.1) is 0 Å². The summed E-state index contributed by atoms with van der Waals surface area (Å²) in [5.74, 6) is 0.713. The largest absolute Gasteiger partial charge is 0.354 e. The zero-order valence-corrected chi connectivity index (χ0v) is 22.4. The number of hydrogen-bond donors (Lipinski definition) is 3. The molecule has 0 bridgehead atoms. The molecule has 1 saturated heterocycles. The van der Waals surface area contributed by atoms with Crippen LogP contribution in [0.2, 0.25) is 0 Å². The monoisotopic (exact) mass is 548 g/mol. The summed E-state index contributed by atoms with van der Waals surface area (Å²) in [6.45, 7) is 3.32. The topological polar surface area (TPSA) is 133 Å². The van der Waals surface area contributed by atoms with Crippen molar-refractivity contribution < 1.29 is 14.5 Å². The van der Waals surface area contributed by atoms with E-state index in [1.807, 2.05) is 66.6 Å². The fourth-order valence-electron chi connectivity index (χ4n) is 5.22. The number of anilines is 2. The van der Waals surface area contributed by atoms with Crippen LogP contribution in [0.1, 0.15) is 42.3 Å². The first-order valence-corrected chi connectivity index (χ1v) is 13.5. The maximum absolute atomic E-state index is 13.3. The molecular weight excluding hydrogens is 520 g/mol. The number of amides is 2. The van der Waals surface area contributed by atoms with E-state index in [9.17, 15) is 19.7 Å². The number of nitrogens with one attached hydrogen (secondary N) is 3. The first-order chi connectivity index (χ1) is 19.9.